The van der Waals surface area contributed by atoms with Crippen LogP contribution < -0.4 is 10.6 Å². The predicted molar refractivity (Wildman–Crippen MR) is 88.9 cm³/mol. The molecule has 1 aliphatic heterocycles. The summed E-state index contributed by atoms with van der Waals surface area (Å²) in [6.45, 7) is 1.84. The van der Waals surface area contributed by atoms with Crippen LogP contribution in [-0.4, -0.2) is 21.6 Å². The van der Waals surface area contributed by atoms with Crippen LogP contribution in [0.4, 0.5) is 11.6 Å². The summed E-state index contributed by atoms with van der Waals surface area (Å²) in [5, 5.41) is 10.8. The van der Waals surface area contributed by atoms with Gasteiger partial charge in [-0.1, -0.05) is 25.1 Å². The van der Waals surface area contributed by atoms with E-state index in [1.54, 1.807) is 17.8 Å². The molecule has 122 valence electrons. The lowest BCUT2D eigenvalue weighted by molar-refractivity contribution is -0.119. The van der Waals surface area contributed by atoms with Crippen molar-refractivity contribution in [3.05, 3.63) is 41.7 Å². The van der Waals surface area contributed by atoms with Crippen LogP contribution in [0, 0.1) is 5.92 Å². The van der Waals surface area contributed by atoms with E-state index in [4.69, 9.17) is 4.42 Å². The number of amides is 2. The number of anilines is 2. The zero-order valence-corrected chi connectivity index (χ0v) is 13.3. The molecule has 0 aliphatic carbocycles. The number of nitrogens with zero attached hydrogens (tertiary/aromatic N) is 2. The van der Waals surface area contributed by atoms with Gasteiger partial charge in [0.2, 0.25) is 5.91 Å². The molecule has 7 heteroatoms. The smallest absolute Gasteiger partial charge is 0.292 e. The molecule has 1 atom stereocenters. The number of aryl methyl sites for hydroxylation is 1. The molecule has 0 saturated heterocycles. The van der Waals surface area contributed by atoms with E-state index in [0.29, 0.717) is 23.6 Å². The molecule has 0 radical (unpaired) electrons. The Balaban J connectivity index is 1.65. The molecule has 4 rings (SSSR count). The minimum absolute atomic E-state index is 0.0411. The zero-order chi connectivity index (χ0) is 16.8. The quantitative estimate of drug-likeness (QED) is 0.758. The van der Waals surface area contributed by atoms with Gasteiger partial charge in [0.15, 0.2) is 11.6 Å². The second-order valence-electron chi connectivity index (χ2n) is 6.00. The Morgan fingerprint density at radius 1 is 1.42 bits per heavy atom. The highest BCUT2D eigenvalue weighted by Gasteiger charge is 2.29. The van der Waals surface area contributed by atoms with Crippen molar-refractivity contribution in [1.29, 1.82) is 0 Å². The van der Waals surface area contributed by atoms with Crippen LogP contribution in [0.5, 0.6) is 0 Å². The Bertz CT molecular complexity index is 937. The minimum atomic E-state index is -0.364. The first kappa shape index (κ1) is 14.5. The molecule has 0 bridgehead atoms. The molecule has 0 fully saturated rings. The van der Waals surface area contributed by atoms with Gasteiger partial charge in [-0.3, -0.25) is 14.3 Å². The minimum Gasteiger partial charge on any atom is -0.451 e. The number of para-hydroxylation sites is 1. The van der Waals surface area contributed by atoms with E-state index in [1.807, 2.05) is 31.2 Å². The number of nitrogens with one attached hydrogen (secondary N) is 2. The van der Waals surface area contributed by atoms with Crippen molar-refractivity contribution < 1.29 is 14.0 Å². The van der Waals surface area contributed by atoms with Gasteiger partial charge < -0.3 is 15.1 Å². The van der Waals surface area contributed by atoms with Gasteiger partial charge in [-0.25, -0.2) is 0 Å². The highest BCUT2D eigenvalue weighted by Crippen LogP contribution is 2.31. The van der Waals surface area contributed by atoms with E-state index < -0.39 is 0 Å². The number of hydrogen-bond acceptors (Lipinski definition) is 4. The first-order valence-electron chi connectivity index (χ1n) is 7.69. The predicted octanol–water partition coefficient (Wildman–Crippen LogP) is 2.55. The Hall–Kier alpha value is -3.09. The molecule has 0 saturated carbocycles. The van der Waals surface area contributed by atoms with Crippen molar-refractivity contribution in [2.24, 2.45) is 13.0 Å². The maximum atomic E-state index is 12.5. The fraction of sp³-hybridized carbons (Fsp3) is 0.235. The lowest BCUT2D eigenvalue weighted by atomic mass is 9.98. The summed E-state index contributed by atoms with van der Waals surface area (Å²) in [7, 11) is 1.73. The fourth-order valence-corrected chi connectivity index (χ4v) is 2.92. The Kier molecular flexibility index (Phi) is 3.16. The van der Waals surface area contributed by atoms with Crippen LogP contribution in [0.3, 0.4) is 0 Å². The number of rotatable bonds is 2. The lowest BCUT2D eigenvalue weighted by Crippen LogP contribution is -2.28. The van der Waals surface area contributed by atoms with Crippen molar-refractivity contribution in [2.45, 2.75) is 13.3 Å². The van der Waals surface area contributed by atoms with Crippen molar-refractivity contribution in [3.8, 4) is 0 Å². The molecular weight excluding hydrogens is 308 g/mol. The van der Waals surface area contributed by atoms with Gasteiger partial charge >= 0.3 is 0 Å². The third kappa shape index (κ3) is 2.25. The lowest BCUT2D eigenvalue weighted by Gasteiger charge is -2.19. The maximum Gasteiger partial charge on any atom is 0.292 e. The largest absolute Gasteiger partial charge is 0.451 e. The molecule has 1 unspecified atom stereocenters. The van der Waals surface area contributed by atoms with E-state index in [2.05, 4.69) is 15.7 Å². The molecule has 1 aliphatic rings. The molecule has 24 heavy (non-hydrogen) atoms. The summed E-state index contributed by atoms with van der Waals surface area (Å²) in [5.41, 5.74) is 1.49. The molecule has 3 heterocycles. The van der Waals surface area contributed by atoms with Gasteiger partial charge in [-0.2, -0.15) is 5.10 Å². The summed E-state index contributed by atoms with van der Waals surface area (Å²) < 4.78 is 7.14. The summed E-state index contributed by atoms with van der Waals surface area (Å²) in [5.74, 6) is 0.729. The third-order valence-electron chi connectivity index (χ3n) is 4.23. The van der Waals surface area contributed by atoms with E-state index in [0.717, 1.165) is 10.9 Å². The van der Waals surface area contributed by atoms with E-state index in [9.17, 15) is 9.59 Å². The average molecular weight is 324 g/mol. The number of furan rings is 1. The highest BCUT2D eigenvalue weighted by atomic mass is 16.3. The van der Waals surface area contributed by atoms with Gasteiger partial charge in [-0.15, -0.1) is 0 Å². The SMILES string of the molecule is CC1Cc2c(NC(=O)c3cc4ccccc4o3)nn(C)c2NC1=O. The monoisotopic (exact) mass is 324 g/mol. The van der Waals surface area contributed by atoms with Crippen LogP contribution in [0.25, 0.3) is 11.0 Å². The second-order valence-corrected chi connectivity index (χ2v) is 6.00. The van der Waals surface area contributed by atoms with Crippen LogP contribution >= 0.6 is 0 Å². The van der Waals surface area contributed by atoms with Crippen LogP contribution in [0.15, 0.2) is 34.7 Å². The molecule has 3 aromatic rings. The van der Waals surface area contributed by atoms with E-state index in [1.165, 1.54) is 0 Å². The Labute approximate surface area is 137 Å². The number of benzene rings is 1. The standard InChI is InChI=1S/C17H16N4O3/c1-9-7-11-14(20-21(2)15(11)19-16(9)22)18-17(23)13-8-10-5-3-4-6-12(10)24-13/h3-6,8-9H,7H2,1-2H3,(H,19,22)(H,18,20,23). The van der Waals surface area contributed by atoms with Gasteiger partial charge in [0.05, 0.1) is 0 Å². The summed E-state index contributed by atoms with van der Waals surface area (Å²) in [6, 6.07) is 9.14. The van der Waals surface area contributed by atoms with E-state index in [-0.39, 0.29) is 23.5 Å². The van der Waals surface area contributed by atoms with Gasteiger partial charge in [0.25, 0.3) is 5.91 Å². The number of hydrogen-bond donors (Lipinski definition) is 2. The first-order chi connectivity index (χ1) is 11.5. The molecule has 7 nitrogen and oxygen atoms in total. The number of carbonyl (C=O) groups excluding carboxylic acids is 2. The molecule has 2 amide bonds. The third-order valence-corrected chi connectivity index (χ3v) is 4.23. The average Bonchev–Trinajstić information content (AvgIpc) is 3.11. The number of aromatic nitrogens is 2. The molecule has 0 spiro atoms. The van der Waals surface area contributed by atoms with Gasteiger partial charge in [0, 0.05) is 23.9 Å². The van der Waals surface area contributed by atoms with E-state index >= 15 is 0 Å². The molecule has 2 N–H and O–H groups in total. The van der Waals surface area contributed by atoms with Crippen molar-refractivity contribution in [2.75, 3.05) is 10.6 Å². The van der Waals surface area contributed by atoms with Crippen molar-refractivity contribution >= 4 is 34.4 Å². The van der Waals surface area contributed by atoms with Gasteiger partial charge in [0.1, 0.15) is 11.4 Å². The van der Waals surface area contributed by atoms with Crippen LogP contribution in [0.1, 0.15) is 23.0 Å². The Morgan fingerprint density at radius 2 is 2.21 bits per heavy atom. The topological polar surface area (TPSA) is 89.2 Å². The van der Waals surface area contributed by atoms with Gasteiger partial charge in [-0.05, 0) is 18.6 Å². The fourth-order valence-electron chi connectivity index (χ4n) is 2.92. The highest BCUT2D eigenvalue weighted by molar-refractivity contribution is 6.05. The van der Waals surface area contributed by atoms with Crippen molar-refractivity contribution in [1.82, 2.24) is 9.78 Å². The summed E-state index contributed by atoms with van der Waals surface area (Å²) >= 11 is 0. The zero-order valence-electron chi connectivity index (χ0n) is 13.3. The first-order valence-corrected chi connectivity index (χ1v) is 7.69. The number of fused-ring (bicyclic) bond motifs is 2. The van der Waals surface area contributed by atoms with Crippen LogP contribution in [0.2, 0.25) is 0 Å². The molecular formula is C17H16N4O3. The van der Waals surface area contributed by atoms with Crippen molar-refractivity contribution in [3.63, 3.8) is 0 Å². The molecule has 1 aromatic carbocycles. The van der Waals surface area contributed by atoms with Crippen LogP contribution in [-0.2, 0) is 18.3 Å². The molecule has 2 aromatic heterocycles. The summed E-state index contributed by atoms with van der Waals surface area (Å²) in [6.07, 6.45) is 0.532. The number of carbonyl (C=O) groups is 2. The normalized spacial score (nSPS) is 16.8. The maximum absolute atomic E-state index is 12.5. The Morgan fingerprint density at radius 3 is 3.00 bits per heavy atom. The second kappa shape index (κ2) is 5.23. The summed E-state index contributed by atoms with van der Waals surface area (Å²) in [4.78, 5) is 24.3.